The number of hydrogen-bond acceptors (Lipinski definition) is 7. The Morgan fingerprint density at radius 2 is 1.77 bits per heavy atom. The molecule has 3 heterocycles. The number of benzene rings is 2. The lowest BCUT2D eigenvalue weighted by Crippen LogP contribution is -2.49. The van der Waals surface area contributed by atoms with Crippen LogP contribution in [0.15, 0.2) is 66.4 Å². The second-order valence-electron chi connectivity index (χ2n) is 9.52. The first kappa shape index (κ1) is 25.9. The Morgan fingerprint density at radius 1 is 1.03 bits per heavy atom. The first-order chi connectivity index (χ1) is 18.7. The van der Waals surface area contributed by atoms with Gasteiger partial charge in [0.25, 0.3) is 23.3 Å². The molecule has 1 aromatic heterocycles. The normalized spacial score (nSPS) is 15.5. The van der Waals surface area contributed by atoms with Gasteiger partial charge in [-0.05, 0) is 30.8 Å². The first-order valence-corrected chi connectivity index (χ1v) is 12.4. The summed E-state index contributed by atoms with van der Waals surface area (Å²) in [5.74, 6) is -0.689. The standard InChI is InChI=1S/C28H28N6O5/c1-17(27(37)33-12-10-31(3)11-13-33)30-26(36)18(2)34-16-29-25-20(6-5-7-21(25)28(34)38)19-8-9-22-23(14-19)39-15-24(35)32(22)4/h5-9,14,16H,1-2,10-13,15H2,3-4H3,(H,30,36). The fourth-order valence-electron chi connectivity index (χ4n) is 4.60. The molecule has 200 valence electrons. The van der Waals surface area contributed by atoms with Crippen molar-refractivity contribution in [1.29, 1.82) is 0 Å². The molecule has 0 radical (unpaired) electrons. The van der Waals surface area contributed by atoms with Crippen LogP contribution < -0.4 is 20.5 Å². The van der Waals surface area contributed by atoms with Crippen LogP contribution in [0.2, 0.25) is 0 Å². The minimum Gasteiger partial charge on any atom is -0.482 e. The molecule has 3 aromatic rings. The van der Waals surface area contributed by atoms with E-state index in [0.29, 0.717) is 35.6 Å². The first-order valence-electron chi connectivity index (χ1n) is 12.4. The fraction of sp³-hybridized carbons (Fsp3) is 0.250. The SMILES string of the molecule is C=C(NC(=O)C(=C)n1cnc2c(-c3ccc4c(c3)OCC(=O)N4C)cccc2c1=O)C(=O)N1CCN(C)CC1. The topological polar surface area (TPSA) is 117 Å². The van der Waals surface area contributed by atoms with Gasteiger partial charge in [0.1, 0.15) is 17.8 Å². The number of piperazine rings is 1. The Labute approximate surface area is 224 Å². The fourth-order valence-corrected chi connectivity index (χ4v) is 4.60. The van der Waals surface area contributed by atoms with Gasteiger partial charge in [0.15, 0.2) is 6.61 Å². The number of rotatable bonds is 5. The molecule has 0 atom stereocenters. The molecular weight excluding hydrogens is 500 g/mol. The maximum Gasteiger partial charge on any atom is 0.272 e. The number of carbonyl (C=O) groups is 3. The predicted molar refractivity (Wildman–Crippen MR) is 147 cm³/mol. The molecule has 0 bridgehead atoms. The van der Waals surface area contributed by atoms with Gasteiger partial charge in [-0.3, -0.25) is 23.7 Å². The van der Waals surface area contributed by atoms with E-state index in [1.54, 1.807) is 36.2 Å². The molecule has 0 unspecified atom stereocenters. The van der Waals surface area contributed by atoms with E-state index >= 15 is 0 Å². The van der Waals surface area contributed by atoms with Crippen molar-refractivity contribution in [2.24, 2.45) is 0 Å². The van der Waals surface area contributed by atoms with Crippen molar-refractivity contribution >= 4 is 40.0 Å². The number of anilines is 1. The van der Waals surface area contributed by atoms with E-state index in [0.717, 1.165) is 23.2 Å². The lowest BCUT2D eigenvalue weighted by molar-refractivity contribution is -0.130. The number of nitrogens with one attached hydrogen (secondary N) is 1. The van der Waals surface area contributed by atoms with E-state index in [-0.39, 0.29) is 35.2 Å². The molecule has 2 aromatic carbocycles. The zero-order valence-electron chi connectivity index (χ0n) is 21.8. The highest BCUT2D eigenvalue weighted by atomic mass is 16.5. The van der Waals surface area contributed by atoms with Gasteiger partial charge in [0.05, 0.1) is 22.3 Å². The maximum absolute atomic E-state index is 13.4. The van der Waals surface area contributed by atoms with Gasteiger partial charge >= 0.3 is 0 Å². The second kappa shape index (κ2) is 10.2. The number of fused-ring (bicyclic) bond motifs is 2. The number of carbonyl (C=O) groups excluding carboxylic acids is 3. The number of ether oxygens (including phenoxy) is 1. The Balaban J connectivity index is 1.39. The Hall–Kier alpha value is -4.77. The summed E-state index contributed by atoms with van der Waals surface area (Å²) in [7, 11) is 3.66. The van der Waals surface area contributed by atoms with Crippen LogP contribution in [0.3, 0.4) is 0 Å². The van der Waals surface area contributed by atoms with Crippen LogP contribution in [-0.2, 0) is 14.4 Å². The minimum absolute atomic E-state index is 0.0526. The third-order valence-corrected chi connectivity index (χ3v) is 7.01. The molecule has 0 spiro atoms. The van der Waals surface area contributed by atoms with Crippen molar-refractivity contribution in [3.05, 3.63) is 71.9 Å². The Bertz CT molecular complexity index is 1600. The lowest BCUT2D eigenvalue weighted by atomic mass is 10.0. The summed E-state index contributed by atoms with van der Waals surface area (Å²) < 4.78 is 6.65. The van der Waals surface area contributed by atoms with E-state index in [1.165, 1.54) is 11.2 Å². The van der Waals surface area contributed by atoms with E-state index in [2.05, 4.69) is 28.4 Å². The van der Waals surface area contributed by atoms with Crippen molar-refractivity contribution < 1.29 is 19.1 Å². The van der Waals surface area contributed by atoms with Crippen LogP contribution in [0.4, 0.5) is 5.69 Å². The quantitative estimate of drug-likeness (QED) is 0.496. The molecule has 3 amide bonds. The number of para-hydroxylation sites is 1. The largest absolute Gasteiger partial charge is 0.482 e. The summed E-state index contributed by atoms with van der Waals surface area (Å²) in [5, 5.41) is 2.75. The van der Waals surface area contributed by atoms with Crippen LogP contribution >= 0.6 is 0 Å². The van der Waals surface area contributed by atoms with Gasteiger partial charge in [-0.15, -0.1) is 0 Å². The summed E-state index contributed by atoms with van der Waals surface area (Å²) in [6.07, 6.45) is 1.24. The third kappa shape index (κ3) is 4.79. The molecule has 2 aliphatic rings. The van der Waals surface area contributed by atoms with Crippen LogP contribution in [0.1, 0.15) is 0 Å². The molecule has 0 saturated carbocycles. The number of likely N-dealkylation sites (N-methyl/N-ethyl adjacent to an activating group) is 2. The number of hydrogen-bond donors (Lipinski definition) is 1. The van der Waals surface area contributed by atoms with E-state index < -0.39 is 11.5 Å². The van der Waals surface area contributed by atoms with E-state index in [1.807, 2.05) is 19.2 Å². The van der Waals surface area contributed by atoms with Crippen molar-refractivity contribution in [2.45, 2.75) is 0 Å². The van der Waals surface area contributed by atoms with Gasteiger partial charge in [0, 0.05) is 38.8 Å². The van der Waals surface area contributed by atoms with Crippen molar-refractivity contribution in [1.82, 2.24) is 24.7 Å². The van der Waals surface area contributed by atoms with E-state index in [9.17, 15) is 19.2 Å². The minimum atomic E-state index is -0.729. The molecule has 2 aliphatic heterocycles. The van der Waals surface area contributed by atoms with Crippen molar-refractivity contribution in [3.63, 3.8) is 0 Å². The number of nitrogens with zero attached hydrogens (tertiary/aromatic N) is 5. The summed E-state index contributed by atoms with van der Waals surface area (Å²) in [4.78, 5) is 60.6. The predicted octanol–water partition coefficient (Wildman–Crippen LogP) is 1.29. The number of aromatic nitrogens is 2. The van der Waals surface area contributed by atoms with Gasteiger partial charge in [-0.2, -0.15) is 0 Å². The van der Waals surface area contributed by atoms with Gasteiger partial charge in [0.2, 0.25) is 0 Å². The highest BCUT2D eigenvalue weighted by Crippen LogP contribution is 2.36. The Kier molecular flexibility index (Phi) is 6.75. The molecule has 1 fully saturated rings. The highest BCUT2D eigenvalue weighted by molar-refractivity contribution is 6.15. The molecule has 1 saturated heterocycles. The van der Waals surface area contributed by atoms with Crippen molar-refractivity contribution in [3.8, 4) is 16.9 Å². The van der Waals surface area contributed by atoms with E-state index in [4.69, 9.17) is 4.74 Å². The van der Waals surface area contributed by atoms with Gasteiger partial charge in [-0.1, -0.05) is 31.4 Å². The average molecular weight is 529 g/mol. The van der Waals surface area contributed by atoms with Crippen LogP contribution in [-0.4, -0.2) is 84.0 Å². The molecule has 11 nitrogen and oxygen atoms in total. The summed E-state index contributed by atoms with van der Waals surface area (Å²) in [6.45, 7) is 9.95. The Morgan fingerprint density at radius 3 is 2.51 bits per heavy atom. The summed E-state index contributed by atoms with van der Waals surface area (Å²) in [6, 6.07) is 10.6. The van der Waals surface area contributed by atoms with Gasteiger partial charge < -0.3 is 24.8 Å². The second-order valence-corrected chi connectivity index (χ2v) is 9.52. The molecule has 0 aliphatic carbocycles. The molecule has 39 heavy (non-hydrogen) atoms. The summed E-state index contributed by atoms with van der Waals surface area (Å²) >= 11 is 0. The number of amides is 3. The third-order valence-electron chi connectivity index (χ3n) is 7.01. The zero-order valence-corrected chi connectivity index (χ0v) is 21.8. The molecule has 1 N–H and O–H groups in total. The zero-order chi connectivity index (χ0) is 27.8. The highest BCUT2D eigenvalue weighted by Gasteiger charge is 2.25. The van der Waals surface area contributed by atoms with Crippen LogP contribution in [0.25, 0.3) is 27.7 Å². The van der Waals surface area contributed by atoms with Crippen molar-refractivity contribution in [2.75, 3.05) is 51.8 Å². The average Bonchev–Trinajstić information content (AvgIpc) is 2.94. The summed E-state index contributed by atoms with van der Waals surface area (Å²) in [5.41, 5.74) is 1.75. The lowest BCUT2D eigenvalue weighted by Gasteiger charge is -2.32. The van der Waals surface area contributed by atoms with Crippen LogP contribution in [0.5, 0.6) is 5.75 Å². The smallest absolute Gasteiger partial charge is 0.272 e. The molecular formula is C28H28N6O5. The molecule has 11 heteroatoms. The van der Waals surface area contributed by atoms with Crippen LogP contribution in [0, 0.1) is 0 Å². The van der Waals surface area contributed by atoms with Gasteiger partial charge in [-0.25, -0.2) is 4.98 Å². The maximum atomic E-state index is 13.4. The monoisotopic (exact) mass is 528 g/mol. The molecule has 5 rings (SSSR count).